The zero-order valence-electron chi connectivity index (χ0n) is 24.6. The highest BCUT2D eigenvalue weighted by Gasteiger charge is 2.64. The number of hydrogen-bond donors (Lipinski definition) is 2. The number of anilines is 1. The number of aliphatic carboxylic acids is 2. The van der Waals surface area contributed by atoms with Crippen molar-refractivity contribution in [2.45, 2.75) is 6.42 Å². The lowest BCUT2D eigenvalue weighted by Crippen LogP contribution is -2.49. The van der Waals surface area contributed by atoms with Crippen molar-refractivity contribution in [1.82, 2.24) is 0 Å². The third kappa shape index (κ3) is 3.65. The van der Waals surface area contributed by atoms with Crippen LogP contribution in [0.4, 0.5) is 5.69 Å². The van der Waals surface area contributed by atoms with Crippen LogP contribution in [0.2, 0.25) is 0 Å². The van der Waals surface area contributed by atoms with Gasteiger partial charge in [0.15, 0.2) is 0 Å². The van der Waals surface area contributed by atoms with Crippen molar-refractivity contribution in [3.8, 4) is 0 Å². The molecule has 0 heterocycles. The summed E-state index contributed by atoms with van der Waals surface area (Å²) in [5.41, 5.74) is 5.55. The molecule has 3 aliphatic carbocycles. The second-order valence-corrected chi connectivity index (χ2v) is 12.8. The van der Waals surface area contributed by atoms with Crippen LogP contribution in [0, 0.1) is 35.5 Å². The van der Waals surface area contributed by atoms with E-state index >= 15 is 0 Å². The lowest BCUT2D eigenvalue weighted by Gasteiger charge is -2.43. The second kappa shape index (κ2) is 9.81. The molecule has 0 aliphatic heterocycles. The molecule has 2 bridgehead atoms. The molecule has 8 rings (SSSR count). The molecule has 2 saturated carbocycles. The molecule has 0 radical (unpaired) electrons. The van der Waals surface area contributed by atoms with Gasteiger partial charge in [-0.1, -0.05) is 91.0 Å². The highest BCUT2D eigenvalue weighted by Crippen LogP contribution is 2.64. The molecule has 6 atom stereocenters. The summed E-state index contributed by atoms with van der Waals surface area (Å²) in [6.07, 6.45) is 0.586. The number of hydrogen-bond acceptors (Lipinski definition) is 3. The number of nitrogens with zero attached hydrogens (tertiary/aromatic N) is 1. The fourth-order valence-electron chi connectivity index (χ4n) is 9.13. The van der Waals surface area contributed by atoms with Crippen LogP contribution in [0.5, 0.6) is 0 Å². The Balaban J connectivity index is 1.66. The lowest BCUT2D eigenvalue weighted by molar-refractivity contribution is -0.157. The van der Waals surface area contributed by atoms with Crippen LogP contribution in [-0.2, 0) is 9.59 Å². The summed E-state index contributed by atoms with van der Waals surface area (Å²) in [7, 11) is 4.10. The fraction of sp³-hybridized carbons (Fsp3) is 0.231. The minimum absolute atomic E-state index is 0.125. The van der Waals surface area contributed by atoms with Crippen LogP contribution in [0.25, 0.3) is 32.7 Å². The maximum absolute atomic E-state index is 12.8. The molecule has 2 N–H and O–H groups in total. The van der Waals surface area contributed by atoms with Gasteiger partial charge in [-0.25, -0.2) is 0 Å². The normalized spacial score (nSPS) is 25.2. The molecule has 44 heavy (non-hydrogen) atoms. The van der Waals surface area contributed by atoms with Gasteiger partial charge in [0.25, 0.3) is 0 Å². The van der Waals surface area contributed by atoms with Gasteiger partial charge < -0.3 is 15.1 Å². The smallest absolute Gasteiger partial charge is 0.307 e. The Kier molecular flexibility index (Phi) is 5.96. The van der Waals surface area contributed by atoms with Crippen molar-refractivity contribution in [2.24, 2.45) is 35.5 Å². The van der Waals surface area contributed by atoms with Crippen LogP contribution in [0.15, 0.2) is 103 Å². The summed E-state index contributed by atoms with van der Waals surface area (Å²) in [4.78, 5) is 27.8. The Bertz CT molecular complexity index is 2120. The average molecular weight is 580 g/mol. The molecule has 5 nitrogen and oxygen atoms in total. The van der Waals surface area contributed by atoms with Crippen LogP contribution in [-0.4, -0.2) is 36.2 Å². The SMILES string of the molecule is CN(C)c1ccc2c(c1)c1c(c3ccccc32)=C(c2ccccc2)C2C(C=1c1ccccc1)[C@@H]1C[C@H]2[C@H](C(=O)O)[C@H]1C(=O)O. The first-order valence-electron chi connectivity index (χ1n) is 15.3. The number of benzene rings is 5. The summed E-state index contributed by atoms with van der Waals surface area (Å²) in [5.74, 6) is -4.68. The predicted molar refractivity (Wildman–Crippen MR) is 174 cm³/mol. The topological polar surface area (TPSA) is 77.8 Å². The largest absolute Gasteiger partial charge is 0.481 e. The summed E-state index contributed by atoms with van der Waals surface area (Å²) in [6.45, 7) is 0. The standard InChI is InChI=1S/C39H33NO4/c1-40(2)23-17-18-25-24-15-9-10-16-26(24)32-30(21-11-5-3-6-12-21)34-28-20-29(37(39(43)44)36(28)38(41)42)35(34)31(33(32)27(25)19-23)22-13-7-4-8-14-22/h3-19,28-29,34-37H,20H2,1-2H3,(H,41,42)(H,43,44)/t28-,29+,34?,35?,36+,37+/m1/s1. The molecule has 0 aromatic heterocycles. The van der Waals surface area contributed by atoms with Crippen molar-refractivity contribution in [2.75, 3.05) is 19.0 Å². The highest BCUT2D eigenvalue weighted by molar-refractivity contribution is 6.11. The van der Waals surface area contributed by atoms with E-state index in [1.165, 1.54) is 0 Å². The maximum Gasteiger partial charge on any atom is 0.307 e. The zero-order valence-corrected chi connectivity index (χ0v) is 24.6. The van der Waals surface area contributed by atoms with Crippen LogP contribution in [0.1, 0.15) is 17.5 Å². The van der Waals surface area contributed by atoms with E-state index in [1.807, 2.05) is 50.5 Å². The highest BCUT2D eigenvalue weighted by atomic mass is 16.4. The van der Waals surface area contributed by atoms with Gasteiger partial charge in [0.05, 0.1) is 11.8 Å². The minimum Gasteiger partial charge on any atom is -0.481 e. The van der Waals surface area contributed by atoms with Crippen molar-refractivity contribution in [1.29, 1.82) is 0 Å². The average Bonchev–Trinajstić information content (AvgIpc) is 3.62. The van der Waals surface area contributed by atoms with E-state index < -0.39 is 23.8 Å². The first-order valence-corrected chi connectivity index (χ1v) is 15.3. The van der Waals surface area contributed by atoms with Gasteiger partial charge in [-0.15, -0.1) is 0 Å². The van der Waals surface area contributed by atoms with Gasteiger partial charge in [0.2, 0.25) is 0 Å². The summed E-state index contributed by atoms with van der Waals surface area (Å²) in [6, 6.07) is 35.9. The Morgan fingerprint density at radius 3 is 1.55 bits per heavy atom. The van der Waals surface area contributed by atoms with Crippen LogP contribution < -0.4 is 15.3 Å². The monoisotopic (exact) mass is 579 g/mol. The van der Waals surface area contributed by atoms with Crippen molar-refractivity contribution >= 4 is 50.3 Å². The number of carboxylic acid groups (broad SMARTS) is 2. The Morgan fingerprint density at radius 1 is 0.591 bits per heavy atom. The molecule has 218 valence electrons. The molecular formula is C39H33NO4. The number of fused-ring (bicyclic) bond motifs is 11. The van der Waals surface area contributed by atoms with Crippen molar-refractivity contribution in [3.63, 3.8) is 0 Å². The molecule has 5 aromatic rings. The first-order chi connectivity index (χ1) is 21.4. The maximum atomic E-state index is 12.8. The third-order valence-corrected chi connectivity index (χ3v) is 10.6. The zero-order chi connectivity index (χ0) is 30.3. The molecule has 2 unspecified atom stereocenters. The summed E-state index contributed by atoms with van der Waals surface area (Å²) in [5, 5.41) is 27.9. The molecule has 0 saturated heterocycles. The van der Waals surface area contributed by atoms with Gasteiger partial charge in [-0.3, -0.25) is 9.59 Å². The van der Waals surface area contributed by atoms with E-state index in [4.69, 9.17) is 0 Å². The van der Waals surface area contributed by atoms with Crippen LogP contribution >= 0.6 is 0 Å². The van der Waals surface area contributed by atoms with Gasteiger partial charge in [0, 0.05) is 19.8 Å². The lowest BCUT2D eigenvalue weighted by atomic mass is 9.59. The molecule has 2 fully saturated rings. The predicted octanol–water partition coefficient (Wildman–Crippen LogP) is 5.75. The molecule has 3 aliphatic rings. The van der Waals surface area contributed by atoms with Crippen LogP contribution in [0.3, 0.4) is 0 Å². The molecule has 5 aromatic carbocycles. The van der Waals surface area contributed by atoms with E-state index in [0.717, 1.165) is 59.9 Å². The van der Waals surface area contributed by atoms with E-state index in [9.17, 15) is 19.8 Å². The molecule has 5 heteroatoms. The van der Waals surface area contributed by atoms with E-state index in [1.54, 1.807) is 0 Å². The van der Waals surface area contributed by atoms with E-state index in [0.29, 0.717) is 6.42 Å². The Labute approximate surface area is 255 Å². The summed E-state index contributed by atoms with van der Waals surface area (Å²) < 4.78 is 0. The number of carbonyl (C=O) groups is 2. The Morgan fingerprint density at radius 2 is 1.05 bits per heavy atom. The van der Waals surface area contributed by atoms with E-state index in [2.05, 4.69) is 71.6 Å². The molecule has 0 spiro atoms. The number of rotatable bonds is 5. The number of carboxylic acids is 2. The summed E-state index contributed by atoms with van der Waals surface area (Å²) >= 11 is 0. The second-order valence-electron chi connectivity index (χ2n) is 12.8. The van der Waals surface area contributed by atoms with Gasteiger partial charge in [-0.05, 0) is 96.5 Å². The first kappa shape index (κ1) is 26.7. The van der Waals surface area contributed by atoms with E-state index in [-0.39, 0.29) is 23.7 Å². The molecular weight excluding hydrogens is 546 g/mol. The van der Waals surface area contributed by atoms with Gasteiger partial charge >= 0.3 is 11.9 Å². The minimum atomic E-state index is -0.999. The van der Waals surface area contributed by atoms with Gasteiger partial charge in [0.1, 0.15) is 0 Å². The Hall–Kier alpha value is -4.90. The fourth-order valence-corrected chi connectivity index (χ4v) is 9.13. The van der Waals surface area contributed by atoms with Crippen molar-refractivity contribution in [3.05, 3.63) is 125 Å². The quantitative estimate of drug-likeness (QED) is 0.259. The third-order valence-electron chi connectivity index (χ3n) is 10.6. The van der Waals surface area contributed by atoms with Crippen molar-refractivity contribution < 1.29 is 19.8 Å². The molecule has 0 amide bonds. The van der Waals surface area contributed by atoms with Gasteiger partial charge in [-0.2, -0.15) is 0 Å².